The molecule has 0 aliphatic rings. The number of pyridine rings is 2. The maximum atomic E-state index is 13.6. The lowest BCUT2D eigenvalue weighted by molar-refractivity contribution is -0.141. The van der Waals surface area contributed by atoms with Gasteiger partial charge in [0.25, 0.3) is 0 Å². The largest absolute Gasteiger partial charge is 0.480 e. The first-order valence-corrected chi connectivity index (χ1v) is 5.15. The van der Waals surface area contributed by atoms with Crippen LogP contribution >= 0.6 is 0 Å². The summed E-state index contributed by atoms with van der Waals surface area (Å²) in [5.74, 6) is -2.23. The molecule has 0 atom stereocenters. The second-order valence-electron chi connectivity index (χ2n) is 3.61. The number of hydrogen-bond acceptors (Lipinski definition) is 3. The molecule has 0 aromatic carbocycles. The van der Waals surface area contributed by atoms with Crippen molar-refractivity contribution >= 4 is 0 Å². The first kappa shape index (κ1) is 13.3. The Morgan fingerprint density at radius 2 is 2.00 bits per heavy atom. The Kier molecular flexibility index (Phi) is 3.37. The van der Waals surface area contributed by atoms with E-state index in [2.05, 4.69) is 14.7 Å². The number of methoxy groups -OCH3 is 1. The van der Waals surface area contributed by atoms with Crippen molar-refractivity contribution in [1.82, 2.24) is 9.97 Å². The summed E-state index contributed by atoms with van der Waals surface area (Å²) in [6.07, 6.45) is -2.01. The fourth-order valence-corrected chi connectivity index (χ4v) is 1.56. The molecule has 0 radical (unpaired) electrons. The molecule has 100 valence electrons. The van der Waals surface area contributed by atoms with E-state index in [1.54, 1.807) is 12.1 Å². The van der Waals surface area contributed by atoms with Crippen LogP contribution in [0, 0.1) is 5.82 Å². The Morgan fingerprint density at radius 3 is 2.53 bits per heavy atom. The molecule has 2 rings (SSSR count). The first-order valence-electron chi connectivity index (χ1n) is 5.15. The zero-order valence-electron chi connectivity index (χ0n) is 9.70. The van der Waals surface area contributed by atoms with Crippen LogP contribution in [0.5, 0.6) is 5.88 Å². The third kappa shape index (κ3) is 2.64. The maximum Gasteiger partial charge on any atom is 0.424 e. The molecule has 0 saturated heterocycles. The monoisotopic (exact) mass is 272 g/mol. The number of rotatable bonds is 2. The van der Waals surface area contributed by atoms with Gasteiger partial charge in [-0.05, 0) is 12.1 Å². The van der Waals surface area contributed by atoms with Gasteiger partial charge >= 0.3 is 6.18 Å². The van der Waals surface area contributed by atoms with E-state index in [0.29, 0.717) is 11.6 Å². The van der Waals surface area contributed by atoms with Crippen molar-refractivity contribution in [3.63, 3.8) is 0 Å². The van der Waals surface area contributed by atoms with Crippen LogP contribution < -0.4 is 4.74 Å². The van der Waals surface area contributed by atoms with E-state index >= 15 is 0 Å². The molecule has 0 unspecified atom stereocenters. The van der Waals surface area contributed by atoms with Crippen molar-refractivity contribution in [2.24, 2.45) is 0 Å². The number of halogens is 4. The Bertz CT molecular complexity index is 584. The van der Waals surface area contributed by atoms with Crippen LogP contribution in [0.1, 0.15) is 5.56 Å². The standard InChI is InChI=1S/C12H8F4N2O/c1-19-11-10(12(14,15)16)8(13)5-9(18-11)7-3-2-4-17-6-7/h2-6H,1H3. The van der Waals surface area contributed by atoms with Crippen LogP contribution in [0.3, 0.4) is 0 Å². The second-order valence-corrected chi connectivity index (χ2v) is 3.61. The van der Waals surface area contributed by atoms with Crippen LogP contribution in [0.15, 0.2) is 30.6 Å². The van der Waals surface area contributed by atoms with Crippen molar-refractivity contribution in [3.05, 3.63) is 42.0 Å². The molecule has 3 nitrogen and oxygen atoms in total. The van der Waals surface area contributed by atoms with Gasteiger partial charge in [0.2, 0.25) is 5.88 Å². The van der Waals surface area contributed by atoms with Gasteiger partial charge in [0.15, 0.2) is 5.56 Å². The molecular weight excluding hydrogens is 264 g/mol. The molecule has 0 bridgehead atoms. The van der Waals surface area contributed by atoms with Crippen molar-refractivity contribution < 1.29 is 22.3 Å². The minimum atomic E-state index is -4.87. The van der Waals surface area contributed by atoms with E-state index in [-0.39, 0.29) is 5.69 Å². The smallest absolute Gasteiger partial charge is 0.424 e. The summed E-state index contributed by atoms with van der Waals surface area (Å²) in [6.45, 7) is 0. The van der Waals surface area contributed by atoms with Gasteiger partial charge in [-0.2, -0.15) is 13.2 Å². The number of aromatic nitrogens is 2. The van der Waals surface area contributed by atoms with Gasteiger partial charge in [-0.1, -0.05) is 0 Å². The van der Waals surface area contributed by atoms with Gasteiger partial charge in [0.1, 0.15) is 5.82 Å². The van der Waals surface area contributed by atoms with E-state index in [1.165, 1.54) is 12.4 Å². The molecule has 2 heterocycles. The summed E-state index contributed by atoms with van der Waals surface area (Å²) < 4.78 is 56.1. The third-order valence-electron chi connectivity index (χ3n) is 2.37. The second kappa shape index (κ2) is 4.83. The molecule has 0 saturated carbocycles. The molecule has 19 heavy (non-hydrogen) atoms. The zero-order chi connectivity index (χ0) is 14.0. The highest BCUT2D eigenvalue weighted by Crippen LogP contribution is 2.38. The molecule has 0 amide bonds. The Morgan fingerprint density at radius 1 is 1.26 bits per heavy atom. The van der Waals surface area contributed by atoms with Gasteiger partial charge in [-0.15, -0.1) is 0 Å². The van der Waals surface area contributed by atoms with Gasteiger partial charge in [-0.3, -0.25) is 4.98 Å². The van der Waals surface area contributed by atoms with Crippen LogP contribution in [0.25, 0.3) is 11.3 Å². The third-order valence-corrected chi connectivity index (χ3v) is 2.37. The van der Waals surface area contributed by atoms with Crippen molar-refractivity contribution in [1.29, 1.82) is 0 Å². The predicted octanol–water partition coefficient (Wildman–Crippen LogP) is 3.31. The van der Waals surface area contributed by atoms with E-state index < -0.39 is 23.4 Å². The first-order chi connectivity index (χ1) is 8.93. The van der Waals surface area contributed by atoms with Gasteiger partial charge in [0, 0.05) is 24.0 Å². The fraction of sp³-hybridized carbons (Fsp3) is 0.167. The average Bonchev–Trinajstić information content (AvgIpc) is 2.37. The van der Waals surface area contributed by atoms with Gasteiger partial charge in [0.05, 0.1) is 12.8 Å². The number of hydrogen-bond donors (Lipinski definition) is 0. The number of nitrogens with zero attached hydrogens (tertiary/aromatic N) is 2. The molecule has 0 fully saturated rings. The topological polar surface area (TPSA) is 35.0 Å². The molecule has 2 aromatic rings. The van der Waals surface area contributed by atoms with Crippen LogP contribution in [0.4, 0.5) is 17.6 Å². The Hall–Kier alpha value is -2.18. The highest BCUT2D eigenvalue weighted by molar-refractivity contribution is 5.59. The summed E-state index contributed by atoms with van der Waals surface area (Å²) in [6, 6.07) is 3.84. The average molecular weight is 272 g/mol. The van der Waals surface area contributed by atoms with E-state index in [4.69, 9.17) is 0 Å². The highest BCUT2D eigenvalue weighted by Gasteiger charge is 2.39. The molecule has 0 spiro atoms. The number of alkyl halides is 3. The molecule has 7 heteroatoms. The lowest BCUT2D eigenvalue weighted by Crippen LogP contribution is -2.12. The highest BCUT2D eigenvalue weighted by atomic mass is 19.4. The number of ether oxygens (including phenoxy) is 1. The minimum absolute atomic E-state index is 0.0236. The van der Waals surface area contributed by atoms with Crippen LogP contribution in [0.2, 0.25) is 0 Å². The molecule has 0 N–H and O–H groups in total. The predicted molar refractivity (Wildman–Crippen MR) is 59.0 cm³/mol. The lowest BCUT2D eigenvalue weighted by atomic mass is 10.1. The van der Waals surface area contributed by atoms with Crippen LogP contribution in [-0.2, 0) is 6.18 Å². The maximum absolute atomic E-state index is 13.6. The Balaban J connectivity index is 2.61. The molecule has 0 aliphatic carbocycles. The zero-order valence-corrected chi connectivity index (χ0v) is 9.70. The molecule has 0 aliphatic heterocycles. The summed E-state index contributed by atoms with van der Waals surface area (Å²) in [5.41, 5.74) is -1.09. The van der Waals surface area contributed by atoms with E-state index in [0.717, 1.165) is 7.11 Å². The normalized spacial score (nSPS) is 11.4. The quantitative estimate of drug-likeness (QED) is 0.787. The van der Waals surface area contributed by atoms with E-state index in [9.17, 15) is 17.6 Å². The Labute approximate surface area is 105 Å². The van der Waals surface area contributed by atoms with E-state index in [1.807, 2.05) is 0 Å². The van der Waals surface area contributed by atoms with Crippen LogP contribution in [-0.4, -0.2) is 17.1 Å². The van der Waals surface area contributed by atoms with Crippen molar-refractivity contribution in [3.8, 4) is 17.1 Å². The van der Waals surface area contributed by atoms with Crippen molar-refractivity contribution in [2.75, 3.05) is 7.11 Å². The summed E-state index contributed by atoms with van der Waals surface area (Å²) in [5, 5.41) is 0. The minimum Gasteiger partial charge on any atom is -0.480 e. The SMILES string of the molecule is COc1nc(-c2cccnc2)cc(F)c1C(F)(F)F. The lowest BCUT2D eigenvalue weighted by Gasteiger charge is -2.13. The summed E-state index contributed by atoms with van der Waals surface area (Å²) >= 11 is 0. The summed E-state index contributed by atoms with van der Waals surface area (Å²) in [4.78, 5) is 7.46. The van der Waals surface area contributed by atoms with Gasteiger partial charge in [-0.25, -0.2) is 9.37 Å². The summed E-state index contributed by atoms with van der Waals surface area (Å²) in [7, 11) is 1.00. The molecular formula is C12H8F4N2O. The fourth-order valence-electron chi connectivity index (χ4n) is 1.56. The molecule has 2 aromatic heterocycles. The van der Waals surface area contributed by atoms with Gasteiger partial charge < -0.3 is 4.74 Å². The van der Waals surface area contributed by atoms with Crippen molar-refractivity contribution in [2.45, 2.75) is 6.18 Å².